The Kier molecular flexibility index (Phi) is 3.97. The van der Waals surface area contributed by atoms with Gasteiger partial charge in [-0.1, -0.05) is 24.3 Å². The van der Waals surface area contributed by atoms with Gasteiger partial charge in [0.25, 0.3) is 5.91 Å². The minimum absolute atomic E-state index is 0.197. The van der Waals surface area contributed by atoms with Crippen molar-refractivity contribution < 1.29 is 4.79 Å². The highest BCUT2D eigenvalue weighted by atomic mass is 16.1. The third-order valence-electron chi connectivity index (χ3n) is 3.96. The van der Waals surface area contributed by atoms with Crippen molar-refractivity contribution in [1.29, 1.82) is 0 Å². The number of nitrogens with one attached hydrogen (secondary N) is 1. The van der Waals surface area contributed by atoms with Crippen molar-refractivity contribution in [3.63, 3.8) is 0 Å². The molecule has 0 aliphatic rings. The smallest absolute Gasteiger partial charge is 0.260 e. The lowest BCUT2D eigenvalue weighted by molar-refractivity contribution is 0.102. The summed E-state index contributed by atoms with van der Waals surface area (Å²) in [7, 11) is 1.81. The topological polar surface area (TPSA) is 64.7 Å². The lowest BCUT2D eigenvalue weighted by atomic mass is 10.1. The second kappa shape index (κ2) is 6.08. The Bertz CT molecular complexity index is 846. The third kappa shape index (κ3) is 3.15. The molecule has 0 unspecified atom stereocenters. The van der Waals surface area contributed by atoms with Crippen LogP contribution in [-0.4, -0.2) is 25.5 Å². The molecule has 0 bridgehead atoms. The van der Waals surface area contributed by atoms with Crippen LogP contribution < -0.4 is 5.32 Å². The molecule has 0 aliphatic heterocycles. The molecule has 1 N–H and O–H groups in total. The highest BCUT2D eigenvalue weighted by Gasteiger charge is 2.14. The number of amides is 1. The van der Waals surface area contributed by atoms with Gasteiger partial charge in [0.15, 0.2) is 5.82 Å². The van der Waals surface area contributed by atoms with Crippen molar-refractivity contribution in [1.82, 2.24) is 19.6 Å². The van der Waals surface area contributed by atoms with Crippen LogP contribution in [0.1, 0.15) is 27.2 Å². The molecule has 0 fully saturated rings. The number of carbonyl (C=O) groups excluding carboxylic acids is 1. The molecule has 0 saturated heterocycles. The number of hydrogen-bond donors (Lipinski definition) is 1. The Morgan fingerprint density at radius 1 is 1.22 bits per heavy atom. The van der Waals surface area contributed by atoms with Crippen LogP contribution in [0.3, 0.4) is 0 Å². The van der Waals surface area contributed by atoms with Gasteiger partial charge in [0.05, 0.1) is 18.3 Å². The van der Waals surface area contributed by atoms with Gasteiger partial charge >= 0.3 is 0 Å². The average molecular weight is 309 g/mol. The Hall–Kier alpha value is -2.89. The van der Waals surface area contributed by atoms with Gasteiger partial charge in [-0.3, -0.25) is 14.2 Å². The van der Waals surface area contributed by atoms with Gasteiger partial charge in [-0.2, -0.15) is 10.2 Å². The van der Waals surface area contributed by atoms with E-state index in [1.54, 1.807) is 16.9 Å². The van der Waals surface area contributed by atoms with Gasteiger partial charge < -0.3 is 5.32 Å². The van der Waals surface area contributed by atoms with E-state index >= 15 is 0 Å². The third-order valence-corrected chi connectivity index (χ3v) is 3.96. The largest absolute Gasteiger partial charge is 0.305 e. The van der Waals surface area contributed by atoms with E-state index in [0.717, 1.165) is 5.69 Å². The van der Waals surface area contributed by atoms with Crippen molar-refractivity contribution in [3.8, 4) is 0 Å². The number of aromatic nitrogens is 4. The number of anilines is 1. The fourth-order valence-electron chi connectivity index (χ4n) is 2.38. The van der Waals surface area contributed by atoms with Crippen LogP contribution in [-0.2, 0) is 13.6 Å². The van der Waals surface area contributed by atoms with Gasteiger partial charge in [0.1, 0.15) is 0 Å². The second-order valence-electron chi connectivity index (χ2n) is 5.55. The zero-order chi connectivity index (χ0) is 16.4. The van der Waals surface area contributed by atoms with Crippen LogP contribution in [0.15, 0.2) is 42.7 Å². The average Bonchev–Trinajstić information content (AvgIpc) is 3.09. The van der Waals surface area contributed by atoms with Gasteiger partial charge in [-0.05, 0) is 25.0 Å². The van der Waals surface area contributed by atoms with Crippen LogP contribution in [0.2, 0.25) is 0 Å². The molecule has 6 nitrogen and oxygen atoms in total. The number of aryl methyl sites for hydroxylation is 2. The predicted molar refractivity (Wildman–Crippen MR) is 88.4 cm³/mol. The maximum Gasteiger partial charge on any atom is 0.260 e. The van der Waals surface area contributed by atoms with Crippen molar-refractivity contribution >= 4 is 11.7 Å². The highest BCUT2D eigenvalue weighted by Crippen LogP contribution is 2.12. The first kappa shape index (κ1) is 15.0. The fraction of sp³-hybridized carbons (Fsp3) is 0.235. The van der Waals surface area contributed by atoms with Crippen molar-refractivity contribution in [2.45, 2.75) is 20.4 Å². The Morgan fingerprint density at radius 2 is 2.00 bits per heavy atom. The van der Waals surface area contributed by atoms with E-state index in [4.69, 9.17) is 0 Å². The number of carbonyl (C=O) groups is 1. The molecule has 0 saturated carbocycles. The van der Waals surface area contributed by atoms with Crippen LogP contribution >= 0.6 is 0 Å². The van der Waals surface area contributed by atoms with E-state index in [0.29, 0.717) is 17.9 Å². The second-order valence-corrected chi connectivity index (χ2v) is 5.55. The minimum atomic E-state index is -0.197. The molecule has 3 rings (SSSR count). The molecule has 0 atom stereocenters. The summed E-state index contributed by atoms with van der Waals surface area (Å²) in [5.74, 6) is 0.337. The summed E-state index contributed by atoms with van der Waals surface area (Å²) in [4.78, 5) is 12.3. The summed E-state index contributed by atoms with van der Waals surface area (Å²) >= 11 is 0. The molecule has 0 spiro atoms. The number of hydrogen-bond acceptors (Lipinski definition) is 3. The molecular formula is C17H19N5O. The SMILES string of the molecule is Cc1ccccc1Cn1ccc(NC(=O)c2cnn(C)c2C)n1. The quantitative estimate of drug-likeness (QED) is 0.805. The lowest BCUT2D eigenvalue weighted by Gasteiger charge is -2.05. The molecule has 1 aromatic carbocycles. The first-order chi connectivity index (χ1) is 11.0. The summed E-state index contributed by atoms with van der Waals surface area (Å²) in [5.41, 5.74) is 3.80. The Labute approximate surface area is 134 Å². The van der Waals surface area contributed by atoms with E-state index in [9.17, 15) is 4.79 Å². The Morgan fingerprint density at radius 3 is 2.70 bits per heavy atom. The summed E-state index contributed by atoms with van der Waals surface area (Å²) < 4.78 is 3.49. The van der Waals surface area contributed by atoms with Gasteiger partial charge in [-0.25, -0.2) is 0 Å². The van der Waals surface area contributed by atoms with Crippen LogP contribution in [0.5, 0.6) is 0 Å². The normalized spacial score (nSPS) is 10.7. The highest BCUT2D eigenvalue weighted by molar-refractivity contribution is 6.04. The first-order valence-corrected chi connectivity index (χ1v) is 7.42. The van der Waals surface area contributed by atoms with Crippen molar-refractivity contribution in [2.24, 2.45) is 7.05 Å². The predicted octanol–water partition coefficient (Wildman–Crippen LogP) is 2.53. The van der Waals surface area contributed by atoms with E-state index in [1.807, 2.05) is 37.0 Å². The number of benzene rings is 1. The zero-order valence-electron chi connectivity index (χ0n) is 13.4. The summed E-state index contributed by atoms with van der Waals surface area (Å²) in [5, 5.41) is 11.3. The van der Waals surface area contributed by atoms with E-state index in [-0.39, 0.29) is 5.91 Å². The molecule has 0 radical (unpaired) electrons. The van der Waals surface area contributed by atoms with E-state index in [1.165, 1.54) is 11.1 Å². The lowest BCUT2D eigenvalue weighted by Crippen LogP contribution is -2.14. The summed E-state index contributed by atoms with van der Waals surface area (Å²) in [6, 6.07) is 9.98. The van der Waals surface area contributed by atoms with Crippen LogP contribution in [0.25, 0.3) is 0 Å². The van der Waals surface area contributed by atoms with Crippen LogP contribution in [0, 0.1) is 13.8 Å². The van der Waals surface area contributed by atoms with E-state index < -0.39 is 0 Å². The molecule has 2 heterocycles. The molecule has 0 aliphatic carbocycles. The molecule has 2 aromatic heterocycles. The standard InChI is InChI=1S/C17H19N5O/c1-12-6-4-5-7-14(12)11-22-9-8-16(20-22)19-17(23)15-10-18-21(3)13(15)2/h4-10H,11H2,1-3H3,(H,19,20,23). The van der Waals surface area contributed by atoms with Gasteiger partial charge in [0, 0.05) is 25.0 Å². The fourth-order valence-corrected chi connectivity index (χ4v) is 2.38. The number of nitrogens with zero attached hydrogens (tertiary/aromatic N) is 4. The minimum Gasteiger partial charge on any atom is -0.305 e. The first-order valence-electron chi connectivity index (χ1n) is 7.42. The monoisotopic (exact) mass is 309 g/mol. The zero-order valence-corrected chi connectivity index (χ0v) is 13.4. The molecule has 3 aromatic rings. The summed E-state index contributed by atoms with van der Waals surface area (Å²) in [6.07, 6.45) is 3.42. The van der Waals surface area contributed by atoms with Crippen LogP contribution in [0.4, 0.5) is 5.82 Å². The van der Waals surface area contributed by atoms with E-state index in [2.05, 4.69) is 34.6 Å². The maximum absolute atomic E-state index is 12.3. The molecule has 6 heteroatoms. The summed E-state index contributed by atoms with van der Waals surface area (Å²) in [6.45, 7) is 4.61. The van der Waals surface area contributed by atoms with Gasteiger partial charge in [-0.15, -0.1) is 0 Å². The maximum atomic E-state index is 12.3. The Balaban J connectivity index is 1.71. The number of rotatable bonds is 4. The molecule has 23 heavy (non-hydrogen) atoms. The molecule has 1 amide bonds. The van der Waals surface area contributed by atoms with Crippen molar-refractivity contribution in [2.75, 3.05) is 5.32 Å². The van der Waals surface area contributed by atoms with Gasteiger partial charge in [0.2, 0.25) is 0 Å². The van der Waals surface area contributed by atoms with Crippen molar-refractivity contribution in [3.05, 3.63) is 65.1 Å². The molecule has 118 valence electrons. The molecular weight excluding hydrogens is 290 g/mol.